The molecule has 0 aromatic heterocycles. The van der Waals surface area contributed by atoms with Crippen LogP contribution in [0, 0.1) is 0 Å². The minimum absolute atomic E-state index is 0. The zero-order valence-corrected chi connectivity index (χ0v) is 13.8. The number of carbonyl (C=O) groups is 1. The first-order chi connectivity index (χ1) is 11.2. The van der Waals surface area contributed by atoms with Gasteiger partial charge in [-0.3, -0.25) is 4.79 Å². The van der Waals surface area contributed by atoms with Crippen LogP contribution in [0.1, 0.15) is 19.8 Å². The number of esters is 1. The predicted octanol–water partition coefficient (Wildman–Crippen LogP) is 3.00. The molecule has 0 radical (unpaired) electrons. The summed E-state index contributed by atoms with van der Waals surface area (Å²) >= 11 is -1.15. The zero-order valence-electron chi connectivity index (χ0n) is 13.0. The van der Waals surface area contributed by atoms with Crippen molar-refractivity contribution >= 4 is 58.1 Å². The van der Waals surface area contributed by atoms with Crippen molar-refractivity contribution in [2.75, 3.05) is 18.1 Å². The van der Waals surface area contributed by atoms with Crippen molar-refractivity contribution in [2.45, 2.75) is 29.6 Å². The Labute approximate surface area is 167 Å². The topological polar surface area (TPSA) is 52.6 Å². The first kappa shape index (κ1) is 19.3. The fraction of sp³-hybridized carbons (Fsp3) is 0.278. The minimum atomic E-state index is -1.15. The van der Waals surface area contributed by atoms with Crippen LogP contribution in [0.15, 0.2) is 58.3 Å². The number of anilines is 2. The molecule has 1 heterocycles. The second kappa shape index (κ2) is 8.92. The van der Waals surface area contributed by atoms with Crippen LogP contribution in [-0.2, 0) is 20.7 Å². The summed E-state index contributed by atoms with van der Waals surface area (Å²) in [4.78, 5) is 15.0. The van der Waals surface area contributed by atoms with Crippen LogP contribution in [0.4, 0.5) is 11.4 Å². The van der Waals surface area contributed by atoms with Gasteiger partial charge >= 0.3 is 35.5 Å². The molecule has 0 N–H and O–H groups in total. The van der Waals surface area contributed by atoms with Gasteiger partial charge in [0.15, 0.2) is 9.79 Å². The molecule has 3 rings (SSSR count). The molecule has 2 aromatic rings. The van der Waals surface area contributed by atoms with Gasteiger partial charge in [-0.15, -0.1) is 0 Å². The van der Waals surface area contributed by atoms with Gasteiger partial charge in [0.05, 0.1) is 18.0 Å². The third kappa shape index (κ3) is 3.98. The van der Waals surface area contributed by atoms with E-state index >= 15 is 0 Å². The number of fused-ring (bicyclic) bond motifs is 2. The van der Waals surface area contributed by atoms with E-state index in [-0.39, 0.29) is 35.5 Å². The van der Waals surface area contributed by atoms with Gasteiger partial charge in [0, 0.05) is 24.1 Å². The Morgan fingerprint density at radius 1 is 1.08 bits per heavy atom. The number of hydrogen-bond acceptors (Lipinski definition) is 4. The van der Waals surface area contributed by atoms with Gasteiger partial charge in [-0.05, 0) is 30.7 Å². The molecule has 0 amide bonds. The van der Waals surface area contributed by atoms with Gasteiger partial charge in [0.1, 0.15) is 0 Å². The van der Waals surface area contributed by atoms with Crippen LogP contribution in [0.25, 0.3) is 0 Å². The van der Waals surface area contributed by atoms with Gasteiger partial charge in [-0.2, -0.15) is 0 Å². The molecule has 0 saturated heterocycles. The molecule has 1 aliphatic rings. The van der Waals surface area contributed by atoms with Crippen LogP contribution in [0.3, 0.4) is 0 Å². The molecular weight excluding hydrogens is 333 g/mol. The molecule has 24 heavy (non-hydrogen) atoms. The summed E-state index contributed by atoms with van der Waals surface area (Å²) in [7, 11) is 0. The Morgan fingerprint density at radius 2 is 1.62 bits per heavy atom. The van der Waals surface area contributed by atoms with Crippen molar-refractivity contribution in [2.24, 2.45) is 0 Å². The molecule has 1 aliphatic heterocycles. The SMILES string of the molecule is CCC(=O)OCCCN1c2ccccc2[S+]([O-])c2ccccc21.[NaH]. The number of nitrogens with zero attached hydrogens (tertiary/aromatic N) is 1. The number of rotatable bonds is 5. The van der Waals surface area contributed by atoms with Gasteiger partial charge in [0.2, 0.25) is 0 Å². The summed E-state index contributed by atoms with van der Waals surface area (Å²) in [6.07, 6.45) is 1.12. The Kier molecular flexibility index (Phi) is 7.19. The third-order valence-corrected chi connectivity index (χ3v) is 5.28. The number of ether oxygens (including phenoxy) is 1. The normalized spacial score (nSPS) is 12.8. The van der Waals surface area contributed by atoms with Gasteiger partial charge in [0.25, 0.3) is 0 Å². The van der Waals surface area contributed by atoms with E-state index in [1.54, 1.807) is 6.92 Å². The van der Waals surface area contributed by atoms with Gasteiger partial charge in [-0.25, -0.2) is 0 Å². The maximum atomic E-state index is 12.7. The van der Waals surface area contributed by atoms with Crippen LogP contribution in [0.2, 0.25) is 0 Å². The molecule has 0 fully saturated rings. The van der Waals surface area contributed by atoms with E-state index in [1.165, 1.54) is 0 Å². The average molecular weight is 353 g/mol. The predicted molar refractivity (Wildman–Crippen MR) is 97.6 cm³/mol. The molecule has 2 aromatic carbocycles. The van der Waals surface area contributed by atoms with Crippen molar-refractivity contribution in [3.8, 4) is 0 Å². The van der Waals surface area contributed by atoms with E-state index in [0.717, 1.165) is 27.6 Å². The van der Waals surface area contributed by atoms with E-state index in [0.29, 0.717) is 19.6 Å². The Hall–Kier alpha value is -0.980. The molecule has 122 valence electrons. The number of para-hydroxylation sites is 2. The van der Waals surface area contributed by atoms with Crippen LogP contribution >= 0.6 is 0 Å². The molecule has 0 atom stereocenters. The molecule has 4 nitrogen and oxygen atoms in total. The summed E-state index contributed by atoms with van der Waals surface area (Å²) in [5, 5.41) is 0. The van der Waals surface area contributed by atoms with Crippen LogP contribution in [-0.4, -0.2) is 53.2 Å². The van der Waals surface area contributed by atoms with Crippen LogP contribution < -0.4 is 4.90 Å². The molecule has 0 bridgehead atoms. The Morgan fingerprint density at radius 3 is 2.17 bits per heavy atom. The second-order valence-corrected chi connectivity index (χ2v) is 6.70. The van der Waals surface area contributed by atoms with E-state index in [2.05, 4.69) is 4.90 Å². The zero-order chi connectivity index (χ0) is 16.2. The summed E-state index contributed by atoms with van der Waals surface area (Å²) in [6, 6.07) is 15.5. The number of benzene rings is 2. The first-order valence-electron chi connectivity index (χ1n) is 7.75. The molecule has 0 unspecified atom stereocenters. The van der Waals surface area contributed by atoms with Crippen molar-refractivity contribution < 1.29 is 14.1 Å². The summed E-state index contributed by atoms with van der Waals surface area (Å²) in [5.41, 5.74) is 1.93. The van der Waals surface area contributed by atoms with Crippen molar-refractivity contribution in [3.05, 3.63) is 48.5 Å². The molecule has 0 saturated carbocycles. The maximum absolute atomic E-state index is 12.7. The quantitative estimate of drug-likeness (QED) is 0.359. The van der Waals surface area contributed by atoms with Gasteiger partial charge in [-0.1, -0.05) is 31.2 Å². The summed E-state index contributed by atoms with van der Waals surface area (Å²) in [5.74, 6) is -0.175. The van der Waals surface area contributed by atoms with Gasteiger partial charge < -0.3 is 14.2 Å². The molecule has 0 spiro atoms. The standard InChI is InChI=1S/C18H19NO3S.Na.H/c1-2-18(20)22-13-7-12-19-14-8-3-5-10-16(14)23(21)17-11-6-4-9-15(17)19;;/h3-6,8-11H,2,7,12-13H2,1H3;;. The number of hydrogen-bond donors (Lipinski definition) is 0. The van der Waals surface area contributed by atoms with E-state index in [9.17, 15) is 9.35 Å². The Bertz CT molecular complexity index is 663. The Balaban J connectivity index is 0.00000208. The number of carbonyl (C=O) groups excluding carboxylic acids is 1. The fourth-order valence-corrected chi connectivity index (χ4v) is 4.05. The van der Waals surface area contributed by atoms with E-state index in [1.807, 2.05) is 48.5 Å². The monoisotopic (exact) mass is 353 g/mol. The first-order valence-corrected chi connectivity index (χ1v) is 8.90. The van der Waals surface area contributed by atoms with Crippen LogP contribution in [0.5, 0.6) is 0 Å². The second-order valence-electron chi connectivity index (χ2n) is 5.28. The molecule has 6 heteroatoms. The van der Waals surface area contributed by atoms with E-state index < -0.39 is 11.2 Å². The van der Waals surface area contributed by atoms with E-state index in [4.69, 9.17) is 4.74 Å². The van der Waals surface area contributed by atoms with Crippen molar-refractivity contribution in [3.63, 3.8) is 0 Å². The molecular formula is C18H20NNaO3S. The molecule has 0 aliphatic carbocycles. The average Bonchev–Trinajstić information content (AvgIpc) is 2.61. The summed E-state index contributed by atoms with van der Waals surface area (Å²) < 4.78 is 17.9. The third-order valence-electron chi connectivity index (χ3n) is 3.79. The summed E-state index contributed by atoms with van der Waals surface area (Å²) in [6.45, 7) is 2.90. The fourth-order valence-electron chi connectivity index (χ4n) is 2.67. The van der Waals surface area contributed by atoms with Crippen molar-refractivity contribution in [1.82, 2.24) is 0 Å². The van der Waals surface area contributed by atoms with Crippen molar-refractivity contribution in [1.29, 1.82) is 0 Å².